The van der Waals surface area contributed by atoms with Crippen molar-refractivity contribution in [3.05, 3.63) is 52.8 Å². The van der Waals surface area contributed by atoms with Gasteiger partial charge in [-0.3, -0.25) is 10.5 Å². The summed E-state index contributed by atoms with van der Waals surface area (Å²) >= 11 is 0. The molecule has 0 aliphatic rings. The maximum absolute atomic E-state index is 5.70. The van der Waals surface area contributed by atoms with E-state index in [1.165, 1.54) is 5.56 Å². The Morgan fingerprint density at radius 1 is 1.33 bits per heavy atom. The second kappa shape index (κ2) is 5.33. The van der Waals surface area contributed by atoms with Crippen molar-refractivity contribution in [2.24, 2.45) is 12.9 Å². The summed E-state index contributed by atoms with van der Waals surface area (Å²) in [4.78, 5) is 0. The van der Waals surface area contributed by atoms with E-state index in [1.54, 1.807) is 0 Å². The number of hydrogen-bond acceptors (Lipinski definition) is 3. The summed E-state index contributed by atoms with van der Waals surface area (Å²) in [5.74, 6) is 5.70. The Kier molecular flexibility index (Phi) is 3.79. The van der Waals surface area contributed by atoms with Crippen molar-refractivity contribution in [1.82, 2.24) is 15.2 Å². The molecule has 1 atom stereocenters. The molecule has 0 aliphatic carbocycles. The number of nitrogens with one attached hydrogen (secondary N) is 1. The Balaban J connectivity index is 2.38. The number of hydrogen-bond donors (Lipinski definition) is 2. The second-order valence-corrected chi connectivity index (χ2v) is 4.55. The van der Waals surface area contributed by atoms with E-state index in [9.17, 15) is 0 Å². The number of aryl methyl sites for hydroxylation is 3. The highest BCUT2D eigenvalue weighted by molar-refractivity contribution is 5.31. The number of hydrazine groups is 1. The van der Waals surface area contributed by atoms with Crippen LogP contribution in [0.25, 0.3) is 0 Å². The predicted molar refractivity (Wildman–Crippen MR) is 72.9 cm³/mol. The lowest BCUT2D eigenvalue weighted by atomic mass is 10.0. The summed E-state index contributed by atoms with van der Waals surface area (Å²) in [5.41, 5.74) is 7.43. The van der Waals surface area contributed by atoms with Crippen LogP contribution < -0.4 is 11.3 Å². The van der Waals surface area contributed by atoms with Crippen molar-refractivity contribution in [3.63, 3.8) is 0 Å². The Labute approximate surface area is 108 Å². The van der Waals surface area contributed by atoms with Gasteiger partial charge < -0.3 is 0 Å². The van der Waals surface area contributed by atoms with Crippen molar-refractivity contribution in [3.8, 4) is 0 Å². The van der Waals surface area contributed by atoms with Crippen LogP contribution in [0.15, 0.2) is 30.3 Å². The first-order valence-corrected chi connectivity index (χ1v) is 6.21. The van der Waals surface area contributed by atoms with Gasteiger partial charge in [-0.25, -0.2) is 5.43 Å². The number of aromatic nitrogens is 2. The van der Waals surface area contributed by atoms with Crippen molar-refractivity contribution in [2.45, 2.75) is 26.3 Å². The molecule has 4 nitrogen and oxygen atoms in total. The fourth-order valence-electron chi connectivity index (χ4n) is 2.10. The number of nitrogens with two attached hydrogens (primary N) is 1. The van der Waals surface area contributed by atoms with Gasteiger partial charge in [-0.15, -0.1) is 0 Å². The first-order chi connectivity index (χ1) is 8.65. The molecule has 0 radical (unpaired) electrons. The molecular formula is C14H20N4. The van der Waals surface area contributed by atoms with Crippen molar-refractivity contribution in [2.75, 3.05) is 0 Å². The maximum atomic E-state index is 5.70. The molecule has 96 valence electrons. The van der Waals surface area contributed by atoms with Gasteiger partial charge >= 0.3 is 0 Å². The Hall–Kier alpha value is -1.65. The SMILES string of the molecule is CCc1cc(C(NN)c2ccc(C)cc2)n(C)n1. The lowest BCUT2D eigenvalue weighted by Crippen LogP contribution is -2.30. The molecule has 1 heterocycles. The van der Waals surface area contributed by atoms with E-state index in [-0.39, 0.29) is 6.04 Å². The zero-order valence-corrected chi connectivity index (χ0v) is 11.1. The van der Waals surface area contributed by atoms with Crippen LogP contribution in [0.2, 0.25) is 0 Å². The Bertz CT molecular complexity index is 513. The van der Waals surface area contributed by atoms with Crippen LogP contribution in [-0.2, 0) is 13.5 Å². The van der Waals surface area contributed by atoms with E-state index in [4.69, 9.17) is 5.84 Å². The number of rotatable bonds is 4. The monoisotopic (exact) mass is 244 g/mol. The van der Waals surface area contributed by atoms with Crippen LogP contribution in [0.3, 0.4) is 0 Å². The Morgan fingerprint density at radius 3 is 2.50 bits per heavy atom. The first kappa shape index (κ1) is 12.8. The third-order valence-corrected chi connectivity index (χ3v) is 3.20. The smallest absolute Gasteiger partial charge is 0.0878 e. The minimum Gasteiger partial charge on any atom is -0.271 e. The van der Waals surface area contributed by atoms with Crippen LogP contribution in [-0.4, -0.2) is 9.78 Å². The molecule has 2 rings (SSSR count). The van der Waals surface area contributed by atoms with E-state index < -0.39 is 0 Å². The summed E-state index contributed by atoms with van der Waals surface area (Å²) in [6, 6.07) is 10.5. The van der Waals surface area contributed by atoms with Gasteiger partial charge in [0.2, 0.25) is 0 Å². The van der Waals surface area contributed by atoms with E-state index >= 15 is 0 Å². The normalized spacial score (nSPS) is 12.7. The summed E-state index contributed by atoms with van der Waals surface area (Å²) in [6.45, 7) is 4.18. The summed E-state index contributed by atoms with van der Waals surface area (Å²) in [7, 11) is 1.95. The molecule has 0 saturated heterocycles. The highest BCUT2D eigenvalue weighted by atomic mass is 15.3. The van der Waals surface area contributed by atoms with Gasteiger partial charge in [-0.05, 0) is 25.0 Å². The zero-order chi connectivity index (χ0) is 13.1. The molecule has 18 heavy (non-hydrogen) atoms. The zero-order valence-electron chi connectivity index (χ0n) is 11.1. The highest BCUT2D eigenvalue weighted by Crippen LogP contribution is 2.22. The number of nitrogens with zero attached hydrogens (tertiary/aromatic N) is 2. The minimum absolute atomic E-state index is 0.0246. The maximum Gasteiger partial charge on any atom is 0.0878 e. The van der Waals surface area contributed by atoms with Gasteiger partial charge in [0.15, 0.2) is 0 Å². The molecular weight excluding hydrogens is 224 g/mol. The van der Waals surface area contributed by atoms with E-state index in [1.807, 2.05) is 11.7 Å². The van der Waals surface area contributed by atoms with E-state index in [0.717, 1.165) is 23.4 Å². The first-order valence-electron chi connectivity index (χ1n) is 6.21. The molecule has 0 fully saturated rings. The molecule has 4 heteroatoms. The van der Waals surface area contributed by atoms with Crippen molar-refractivity contribution in [1.29, 1.82) is 0 Å². The average Bonchev–Trinajstić information content (AvgIpc) is 2.74. The lowest BCUT2D eigenvalue weighted by molar-refractivity contribution is 0.573. The summed E-state index contributed by atoms with van der Waals surface area (Å²) < 4.78 is 1.89. The third kappa shape index (κ3) is 2.44. The van der Waals surface area contributed by atoms with Crippen molar-refractivity contribution >= 4 is 0 Å². The van der Waals surface area contributed by atoms with Crippen LogP contribution in [0, 0.1) is 6.92 Å². The minimum atomic E-state index is -0.0246. The molecule has 1 aromatic carbocycles. The lowest BCUT2D eigenvalue weighted by Gasteiger charge is -2.16. The summed E-state index contributed by atoms with van der Waals surface area (Å²) in [5, 5.41) is 4.46. The Morgan fingerprint density at radius 2 is 2.00 bits per heavy atom. The predicted octanol–water partition coefficient (Wildman–Crippen LogP) is 1.84. The molecule has 2 aromatic rings. The van der Waals surface area contributed by atoms with Crippen molar-refractivity contribution < 1.29 is 0 Å². The van der Waals surface area contributed by atoms with Gasteiger partial charge in [-0.2, -0.15) is 5.10 Å². The average molecular weight is 244 g/mol. The van der Waals surface area contributed by atoms with Crippen LogP contribution in [0.4, 0.5) is 0 Å². The molecule has 0 saturated carbocycles. The van der Waals surface area contributed by atoms with Crippen LogP contribution in [0.1, 0.15) is 35.5 Å². The second-order valence-electron chi connectivity index (χ2n) is 4.55. The van der Waals surface area contributed by atoms with Gasteiger partial charge in [-0.1, -0.05) is 36.8 Å². The molecule has 1 unspecified atom stereocenters. The van der Waals surface area contributed by atoms with Gasteiger partial charge in [0, 0.05) is 7.05 Å². The van der Waals surface area contributed by atoms with E-state index in [0.29, 0.717) is 0 Å². The quantitative estimate of drug-likeness (QED) is 0.637. The fourth-order valence-corrected chi connectivity index (χ4v) is 2.10. The van der Waals surface area contributed by atoms with Crippen LogP contribution in [0.5, 0.6) is 0 Å². The summed E-state index contributed by atoms with van der Waals surface area (Å²) in [6.07, 6.45) is 0.930. The highest BCUT2D eigenvalue weighted by Gasteiger charge is 2.17. The molecule has 1 aromatic heterocycles. The third-order valence-electron chi connectivity index (χ3n) is 3.20. The molecule has 0 spiro atoms. The standard InChI is InChI=1S/C14H20N4/c1-4-12-9-13(18(3)17-12)14(16-15)11-7-5-10(2)6-8-11/h5-9,14,16H,4,15H2,1-3H3. The van der Waals surface area contributed by atoms with Gasteiger partial charge in [0.1, 0.15) is 0 Å². The molecule has 3 N–H and O–H groups in total. The van der Waals surface area contributed by atoms with Crippen LogP contribution >= 0.6 is 0 Å². The number of benzene rings is 1. The molecule has 0 bridgehead atoms. The molecule has 0 amide bonds. The van der Waals surface area contributed by atoms with Gasteiger partial charge in [0.05, 0.1) is 17.4 Å². The largest absolute Gasteiger partial charge is 0.271 e. The topological polar surface area (TPSA) is 55.9 Å². The fraction of sp³-hybridized carbons (Fsp3) is 0.357. The van der Waals surface area contributed by atoms with Gasteiger partial charge in [0.25, 0.3) is 0 Å². The van der Waals surface area contributed by atoms with E-state index in [2.05, 4.69) is 54.7 Å². The molecule has 0 aliphatic heterocycles.